The molecule has 0 saturated heterocycles. The Morgan fingerprint density at radius 2 is 1.95 bits per heavy atom. The molecule has 0 spiro atoms. The Kier molecular flexibility index (Phi) is 3.97. The second-order valence-corrected chi connectivity index (χ2v) is 5.24. The first-order valence-electron chi connectivity index (χ1n) is 6.54. The van der Waals surface area contributed by atoms with Gasteiger partial charge in [-0.05, 0) is 12.3 Å². The minimum Gasteiger partial charge on any atom is -0.455 e. The van der Waals surface area contributed by atoms with E-state index in [0.717, 1.165) is 21.6 Å². The van der Waals surface area contributed by atoms with Crippen LogP contribution < -0.4 is 16.6 Å². The van der Waals surface area contributed by atoms with Crippen molar-refractivity contribution in [3.63, 3.8) is 0 Å². The molecule has 1 aromatic heterocycles. The molecule has 2 rings (SSSR count). The van der Waals surface area contributed by atoms with E-state index in [-0.39, 0.29) is 11.7 Å². The number of hydrogen-bond acceptors (Lipinski definition) is 5. The van der Waals surface area contributed by atoms with Crippen LogP contribution in [0.2, 0.25) is 0 Å². The third-order valence-electron chi connectivity index (χ3n) is 3.55. The number of hydrogen-bond donors (Lipinski definition) is 1. The summed E-state index contributed by atoms with van der Waals surface area (Å²) in [5, 5.41) is 2.38. The molecule has 0 bridgehead atoms. The SMILES string of the molecule is CC1CC1C(=O)OCC(=O)Nc1cc(=O)n(C)c(=O)n1C. The van der Waals surface area contributed by atoms with Gasteiger partial charge in [0.1, 0.15) is 5.82 Å². The minimum atomic E-state index is -0.597. The maximum absolute atomic E-state index is 11.7. The Hall–Kier alpha value is -2.38. The number of ether oxygens (including phenoxy) is 1. The standard InChI is InChI=1S/C13H17N3O5/c1-7-4-8(7)12(19)21-6-10(17)14-9-5-11(18)16(3)13(20)15(9)2/h5,7-8H,4,6H2,1-3H3,(H,14,17). The number of amides is 1. The van der Waals surface area contributed by atoms with Crippen molar-refractivity contribution in [3.05, 3.63) is 26.9 Å². The van der Waals surface area contributed by atoms with Crippen molar-refractivity contribution in [1.82, 2.24) is 9.13 Å². The molecule has 1 aromatic rings. The van der Waals surface area contributed by atoms with Gasteiger partial charge in [-0.3, -0.25) is 23.5 Å². The largest absolute Gasteiger partial charge is 0.455 e. The summed E-state index contributed by atoms with van der Waals surface area (Å²) in [7, 11) is 2.77. The summed E-state index contributed by atoms with van der Waals surface area (Å²) >= 11 is 0. The summed E-state index contributed by atoms with van der Waals surface area (Å²) in [6, 6.07) is 1.13. The van der Waals surface area contributed by atoms with Crippen LogP contribution in [0.4, 0.5) is 5.82 Å². The molecule has 0 aliphatic heterocycles. The van der Waals surface area contributed by atoms with Gasteiger partial charge < -0.3 is 10.1 Å². The Balaban J connectivity index is 1.98. The summed E-state index contributed by atoms with van der Waals surface area (Å²) in [5.41, 5.74) is -1.08. The van der Waals surface area contributed by atoms with E-state index < -0.39 is 29.7 Å². The Morgan fingerprint density at radius 3 is 2.52 bits per heavy atom. The van der Waals surface area contributed by atoms with Crippen LogP contribution in [0.1, 0.15) is 13.3 Å². The Labute approximate surface area is 120 Å². The third kappa shape index (κ3) is 3.21. The number of carbonyl (C=O) groups is 2. The summed E-state index contributed by atoms with van der Waals surface area (Å²) in [6.45, 7) is 1.49. The van der Waals surface area contributed by atoms with E-state index in [1.807, 2.05) is 6.92 Å². The van der Waals surface area contributed by atoms with Crippen molar-refractivity contribution in [2.24, 2.45) is 25.9 Å². The molecule has 2 atom stereocenters. The number of rotatable bonds is 4. The lowest BCUT2D eigenvalue weighted by molar-refractivity contribution is -0.148. The first kappa shape index (κ1) is 15.0. The van der Waals surface area contributed by atoms with Crippen LogP contribution in [0.25, 0.3) is 0 Å². The zero-order valence-corrected chi connectivity index (χ0v) is 12.1. The fourth-order valence-corrected chi connectivity index (χ4v) is 1.93. The van der Waals surface area contributed by atoms with Crippen molar-refractivity contribution in [3.8, 4) is 0 Å². The predicted octanol–water partition coefficient (Wildman–Crippen LogP) is -0.778. The molecule has 21 heavy (non-hydrogen) atoms. The highest BCUT2D eigenvalue weighted by Crippen LogP contribution is 2.38. The molecule has 0 radical (unpaired) electrons. The van der Waals surface area contributed by atoms with Gasteiger partial charge in [0.2, 0.25) is 0 Å². The molecule has 2 unspecified atom stereocenters. The van der Waals surface area contributed by atoms with E-state index in [0.29, 0.717) is 5.92 Å². The van der Waals surface area contributed by atoms with Gasteiger partial charge in [-0.15, -0.1) is 0 Å². The number of carbonyl (C=O) groups excluding carboxylic acids is 2. The van der Waals surface area contributed by atoms with Crippen molar-refractivity contribution in [2.45, 2.75) is 13.3 Å². The van der Waals surface area contributed by atoms with Crippen molar-refractivity contribution in [2.75, 3.05) is 11.9 Å². The van der Waals surface area contributed by atoms with Crippen LogP contribution in [0.3, 0.4) is 0 Å². The molecular formula is C13H17N3O5. The second kappa shape index (κ2) is 5.55. The molecule has 1 heterocycles. The molecule has 1 saturated carbocycles. The van der Waals surface area contributed by atoms with Gasteiger partial charge in [0.15, 0.2) is 6.61 Å². The maximum Gasteiger partial charge on any atom is 0.332 e. The molecule has 114 valence electrons. The molecular weight excluding hydrogens is 278 g/mol. The van der Waals surface area contributed by atoms with E-state index >= 15 is 0 Å². The van der Waals surface area contributed by atoms with Gasteiger partial charge in [0.25, 0.3) is 11.5 Å². The van der Waals surface area contributed by atoms with Crippen molar-refractivity contribution < 1.29 is 14.3 Å². The number of aromatic nitrogens is 2. The first-order valence-corrected chi connectivity index (χ1v) is 6.54. The summed E-state index contributed by atoms with van der Waals surface area (Å²) in [5.74, 6) is -0.746. The molecule has 0 aromatic carbocycles. The highest BCUT2D eigenvalue weighted by atomic mass is 16.5. The topological polar surface area (TPSA) is 99.4 Å². The van der Waals surface area contributed by atoms with Crippen LogP contribution in [0.5, 0.6) is 0 Å². The van der Waals surface area contributed by atoms with Crippen LogP contribution in [-0.4, -0.2) is 27.6 Å². The van der Waals surface area contributed by atoms with E-state index in [1.165, 1.54) is 14.1 Å². The first-order chi connectivity index (χ1) is 9.81. The zero-order valence-electron chi connectivity index (χ0n) is 12.1. The maximum atomic E-state index is 11.7. The quantitative estimate of drug-likeness (QED) is 0.735. The van der Waals surface area contributed by atoms with Gasteiger partial charge in [0.05, 0.1) is 5.92 Å². The summed E-state index contributed by atoms with van der Waals surface area (Å²) in [4.78, 5) is 46.4. The number of esters is 1. The third-order valence-corrected chi connectivity index (χ3v) is 3.55. The number of nitrogens with zero attached hydrogens (tertiary/aromatic N) is 2. The Morgan fingerprint density at radius 1 is 1.33 bits per heavy atom. The van der Waals surface area contributed by atoms with Crippen LogP contribution >= 0.6 is 0 Å². The molecule has 1 N–H and O–H groups in total. The monoisotopic (exact) mass is 295 g/mol. The molecule has 1 fully saturated rings. The molecule has 8 heteroatoms. The average molecular weight is 295 g/mol. The average Bonchev–Trinajstić information content (AvgIpc) is 3.17. The fourth-order valence-electron chi connectivity index (χ4n) is 1.93. The fraction of sp³-hybridized carbons (Fsp3) is 0.538. The Bertz CT molecular complexity index is 703. The van der Waals surface area contributed by atoms with Crippen molar-refractivity contribution >= 4 is 17.7 Å². The van der Waals surface area contributed by atoms with E-state index in [4.69, 9.17) is 4.74 Å². The second-order valence-electron chi connectivity index (χ2n) is 5.24. The number of anilines is 1. The lowest BCUT2D eigenvalue weighted by Gasteiger charge is -2.10. The van der Waals surface area contributed by atoms with Crippen LogP contribution in [-0.2, 0) is 28.4 Å². The predicted molar refractivity (Wildman–Crippen MR) is 73.8 cm³/mol. The molecule has 1 aliphatic carbocycles. The van der Waals surface area contributed by atoms with E-state index in [9.17, 15) is 19.2 Å². The van der Waals surface area contributed by atoms with Gasteiger partial charge >= 0.3 is 11.7 Å². The lowest BCUT2D eigenvalue weighted by Crippen LogP contribution is -2.38. The van der Waals surface area contributed by atoms with Crippen LogP contribution in [0.15, 0.2) is 15.7 Å². The highest BCUT2D eigenvalue weighted by molar-refractivity contribution is 5.92. The summed E-state index contributed by atoms with van der Waals surface area (Å²) in [6.07, 6.45) is 0.781. The minimum absolute atomic E-state index is 0.0592. The zero-order chi connectivity index (χ0) is 15.7. The van der Waals surface area contributed by atoms with Gasteiger partial charge in [-0.25, -0.2) is 4.79 Å². The highest BCUT2D eigenvalue weighted by Gasteiger charge is 2.40. The van der Waals surface area contributed by atoms with Crippen molar-refractivity contribution in [1.29, 1.82) is 0 Å². The molecule has 8 nitrogen and oxygen atoms in total. The smallest absolute Gasteiger partial charge is 0.332 e. The van der Waals surface area contributed by atoms with E-state index in [1.54, 1.807) is 0 Å². The van der Waals surface area contributed by atoms with Crippen LogP contribution in [0, 0.1) is 11.8 Å². The normalized spacial score (nSPS) is 20.0. The summed E-state index contributed by atoms with van der Waals surface area (Å²) < 4.78 is 6.92. The number of nitrogens with one attached hydrogen (secondary N) is 1. The van der Waals surface area contributed by atoms with Gasteiger partial charge in [-0.2, -0.15) is 0 Å². The van der Waals surface area contributed by atoms with Gasteiger partial charge in [0, 0.05) is 20.2 Å². The van der Waals surface area contributed by atoms with E-state index in [2.05, 4.69) is 5.32 Å². The molecule has 1 amide bonds. The molecule has 1 aliphatic rings. The lowest BCUT2D eigenvalue weighted by atomic mass is 10.3. The van der Waals surface area contributed by atoms with Gasteiger partial charge in [-0.1, -0.05) is 6.92 Å².